The van der Waals surface area contributed by atoms with E-state index in [-0.39, 0.29) is 16.2 Å². The van der Waals surface area contributed by atoms with Crippen LogP contribution in [0.4, 0.5) is 5.69 Å². The largest absolute Gasteiger partial charge is 0.321 e. The minimum absolute atomic E-state index is 0.0301. The molecule has 0 atom stereocenters. The number of aryl methyl sites for hydroxylation is 1. The van der Waals surface area contributed by atoms with Crippen LogP contribution in [0.3, 0.4) is 0 Å². The van der Waals surface area contributed by atoms with Crippen LogP contribution >= 0.6 is 11.3 Å². The second-order valence-corrected chi connectivity index (χ2v) is 9.02. The molecule has 0 radical (unpaired) electrons. The van der Waals surface area contributed by atoms with E-state index in [4.69, 9.17) is 5.14 Å². The van der Waals surface area contributed by atoms with Crippen LogP contribution in [0.15, 0.2) is 29.3 Å². The van der Waals surface area contributed by atoms with Crippen molar-refractivity contribution in [2.24, 2.45) is 5.14 Å². The molecule has 0 unspecified atom stereocenters. The Bertz CT molecular complexity index is 865. The first-order valence-corrected chi connectivity index (χ1v) is 9.82. The van der Waals surface area contributed by atoms with Gasteiger partial charge in [0.1, 0.15) is 4.88 Å². The molecule has 0 spiro atoms. The number of sulfonamides is 1. The van der Waals surface area contributed by atoms with Gasteiger partial charge in [-0.1, -0.05) is 33.8 Å². The molecule has 0 bridgehead atoms. The Morgan fingerprint density at radius 3 is 2.50 bits per heavy atom. The lowest BCUT2D eigenvalue weighted by Crippen LogP contribution is -2.16. The molecule has 0 aliphatic carbocycles. The Balaban J connectivity index is 2.28. The van der Waals surface area contributed by atoms with Gasteiger partial charge >= 0.3 is 0 Å². The van der Waals surface area contributed by atoms with Crippen molar-refractivity contribution in [3.63, 3.8) is 0 Å². The summed E-state index contributed by atoms with van der Waals surface area (Å²) in [7, 11) is -3.84. The van der Waals surface area contributed by atoms with Gasteiger partial charge in [0.2, 0.25) is 10.0 Å². The molecule has 1 amide bonds. The Morgan fingerprint density at radius 1 is 1.33 bits per heavy atom. The van der Waals surface area contributed by atoms with Crippen LogP contribution in [0.2, 0.25) is 0 Å². The van der Waals surface area contributed by atoms with Gasteiger partial charge in [-0.15, -0.1) is 11.3 Å². The first-order valence-electron chi connectivity index (χ1n) is 7.45. The average Bonchev–Trinajstić information content (AvgIpc) is 2.96. The van der Waals surface area contributed by atoms with E-state index in [0.717, 1.165) is 5.01 Å². The van der Waals surface area contributed by atoms with E-state index in [1.165, 1.54) is 23.6 Å². The molecule has 1 aromatic heterocycles. The molecule has 8 heteroatoms. The highest BCUT2D eigenvalue weighted by atomic mass is 32.2. The minimum atomic E-state index is -3.84. The van der Waals surface area contributed by atoms with E-state index >= 15 is 0 Å². The van der Waals surface area contributed by atoms with Crippen LogP contribution in [-0.2, 0) is 21.9 Å². The summed E-state index contributed by atoms with van der Waals surface area (Å²) in [5, 5.41) is 8.81. The fourth-order valence-corrected chi connectivity index (χ4v) is 3.85. The molecule has 0 saturated heterocycles. The van der Waals surface area contributed by atoms with Crippen molar-refractivity contribution < 1.29 is 13.2 Å². The monoisotopic (exact) mass is 367 g/mol. The number of aromatic nitrogens is 1. The highest BCUT2D eigenvalue weighted by Gasteiger charge is 2.21. The lowest BCUT2D eigenvalue weighted by Gasteiger charge is -2.13. The van der Waals surface area contributed by atoms with Gasteiger partial charge in [-0.25, -0.2) is 18.5 Å². The van der Waals surface area contributed by atoms with Crippen LogP contribution in [0.25, 0.3) is 0 Å². The third-order valence-electron chi connectivity index (χ3n) is 3.38. The fourth-order valence-electron chi connectivity index (χ4n) is 2.11. The van der Waals surface area contributed by atoms with Crippen LogP contribution < -0.4 is 10.5 Å². The van der Waals surface area contributed by atoms with Crippen molar-refractivity contribution in [3.05, 3.63) is 39.8 Å². The van der Waals surface area contributed by atoms with Gasteiger partial charge in [0.05, 0.1) is 16.1 Å². The Kier molecular flexibility index (Phi) is 5.12. The zero-order valence-corrected chi connectivity index (χ0v) is 15.7. The highest BCUT2D eigenvalue weighted by molar-refractivity contribution is 7.89. The molecule has 0 aliphatic rings. The van der Waals surface area contributed by atoms with E-state index < -0.39 is 10.0 Å². The van der Waals surface area contributed by atoms with Gasteiger partial charge in [-0.05, 0) is 24.1 Å². The van der Waals surface area contributed by atoms with Crippen molar-refractivity contribution in [1.29, 1.82) is 0 Å². The predicted octanol–water partition coefficient (Wildman–Crippen LogP) is 2.90. The second-order valence-electron chi connectivity index (χ2n) is 6.45. The van der Waals surface area contributed by atoms with E-state index in [0.29, 0.717) is 22.5 Å². The van der Waals surface area contributed by atoms with Crippen LogP contribution in [0.1, 0.15) is 47.9 Å². The number of primary sulfonamides is 1. The normalized spacial score (nSPS) is 12.2. The number of hydrogen-bond donors (Lipinski definition) is 2. The van der Waals surface area contributed by atoms with Gasteiger partial charge in [0.15, 0.2) is 0 Å². The molecular weight excluding hydrogens is 346 g/mol. The lowest BCUT2D eigenvalue weighted by atomic mass is 9.98. The van der Waals surface area contributed by atoms with Crippen molar-refractivity contribution in [2.75, 3.05) is 5.32 Å². The molecule has 24 heavy (non-hydrogen) atoms. The maximum Gasteiger partial charge on any atom is 0.267 e. The average molecular weight is 367 g/mol. The molecule has 2 aromatic rings. The van der Waals surface area contributed by atoms with Crippen molar-refractivity contribution >= 4 is 33.0 Å². The zero-order chi connectivity index (χ0) is 18.1. The number of nitrogens with zero attached hydrogens (tertiary/aromatic N) is 1. The predicted molar refractivity (Wildman–Crippen MR) is 96.0 cm³/mol. The summed E-state index contributed by atoms with van der Waals surface area (Å²) >= 11 is 1.32. The number of nitrogens with two attached hydrogens (primary N) is 1. The van der Waals surface area contributed by atoms with Gasteiger partial charge in [-0.2, -0.15) is 0 Å². The topological polar surface area (TPSA) is 102 Å². The maximum atomic E-state index is 12.3. The fraction of sp³-hybridized carbons (Fsp3) is 0.375. The molecule has 0 fully saturated rings. The summed E-state index contributed by atoms with van der Waals surface area (Å²) in [5.41, 5.74) is 0.863. The second kappa shape index (κ2) is 6.62. The lowest BCUT2D eigenvalue weighted by molar-refractivity contribution is 0.103. The molecule has 1 aromatic carbocycles. The van der Waals surface area contributed by atoms with Gasteiger partial charge in [0.25, 0.3) is 5.91 Å². The number of benzene rings is 1. The molecular formula is C16H21N3O3S2. The quantitative estimate of drug-likeness (QED) is 0.867. The van der Waals surface area contributed by atoms with Crippen LogP contribution in [0, 0.1) is 0 Å². The van der Waals surface area contributed by atoms with E-state index in [2.05, 4.69) is 10.3 Å². The molecule has 2 rings (SSSR count). The number of rotatable bonds is 4. The maximum absolute atomic E-state index is 12.3. The summed E-state index contributed by atoms with van der Waals surface area (Å²) in [6, 6.07) is 4.71. The third-order valence-corrected chi connectivity index (χ3v) is 5.80. The standard InChI is InChI=1S/C16H21N3O3S2/c1-5-10-6-7-11(8-13(10)24(17,21)22)19-14(20)12-9-18-15(23-12)16(2,3)4/h6-9H,5H2,1-4H3,(H,19,20)(H2,17,21,22). The summed E-state index contributed by atoms with van der Waals surface area (Å²) in [5.74, 6) is -0.326. The molecule has 0 saturated carbocycles. The van der Waals surface area contributed by atoms with E-state index in [1.54, 1.807) is 12.1 Å². The summed E-state index contributed by atoms with van der Waals surface area (Å²) in [4.78, 5) is 17.1. The van der Waals surface area contributed by atoms with E-state index in [1.807, 2.05) is 27.7 Å². The summed E-state index contributed by atoms with van der Waals surface area (Å²) in [6.07, 6.45) is 2.06. The number of carbonyl (C=O) groups excluding carboxylic acids is 1. The number of anilines is 1. The van der Waals surface area contributed by atoms with Crippen molar-refractivity contribution in [3.8, 4) is 0 Å². The molecule has 1 heterocycles. The minimum Gasteiger partial charge on any atom is -0.321 e. The number of thiazole rings is 1. The zero-order valence-electron chi connectivity index (χ0n) is 14.1. The van der Waals surface area contributed by atoms with Crippen LogP contribution in [0.5, 0.6) is 0 Å². The number of nitrogens with one attached hydrogen (secondary N) is 1. The first-order chi connectivity index (χ1) is 11.0. The Labute approximate surface area is 146 Å². The summed E-state index contributed by atoms with van der Waals surface area (Å²) in [6.45, 7) is 7.91. The summed E-state index contributed by atoms with van der Waals surface area (Å²) < 4.78 is 23.4. The third kappa shape index (κ3) is 4.19. The molecule has 3 N–H and O–H groups in total. The van der Waals surface area contributed by atoms with E-state index in [9.17, 15) is 13.2 Å². The van der Waals surface area contributed by atoms with Gasteiger partial charge < -0.3 is 5.32 Å². The van der Waals surface area contributed by atoms with Gasteiger partial charge in [0, 0.05) is 11.1 Å². The van der Waals surface area contributed by atoms with Crippen LogP contribution in [-0.4, -0.2) is 19.3 Å². The highest BCUT2D eigenvalue weighted by Crippen LogP contribution is 2.27. The van der Waals surface area contributed by atoms with Gasteiger partial charge in [-0.3, -0.25) is 4.79 Å². The number of amides is 1. The van der Waals surface area contributed by atoms with Crippen molar-refractivity contribution in [2.45, 2.75) is 44.4 Å². The Morgan fingerprint density at radius 2 is 2.00 bits per heavy atom. The molecule has 130 valence electrons. The number of carbonyl (C=O) groups is 1. The smallest absolute Gasteiger partial charge is 0.267 e. The SMILES string of the molecule is CCc1ccc(NC(=O)c2cnc(C(C)(C)C)s2)cc1S(N)(=O)=O. The number of hydrogen-bond acceptors (Lipinski definition) is 5. The Hall–Kier alpha value is -1.77. The van der Waals surface area contributed by atoms with Crippen molar-refractivity contribution in [1.82, 2.24) is 4.98 Å². The first kappa shape index (κ1) is 18.6. The molecule has 6 nitrogen and oxygen atoms in total. The molecule has 0 aliphatic heterocycles.